The van der Waals surface area contributed by atoms with Crippen molar-refractivity contribution in [2.75, 3.05) is 26.8 Å². The zero-order chi connectivity index (χ0) is 15.5. The molecular formula is C13H16N2O5S. The van der Waals surface area contributed by atoms with Crippen LogP contribution in [0.15, 0.2) is 29.2 Å². The lowest BCUT2D eigenvalue weighted by Gasteiger charge is -2.14. The largest absolute Gasteiger partial charge is 0.383 e. The van der Waals surface area contributed by atoms with Gasteiger partial charge in [0.1, 0.15) is 4.90 Å². The minimum absolute atomic E-state index is 0.00482. The highest BCUT2D eigenvalue weighted by Crippen LogP contribution is 2.29. The highest BCUT2D eigenvalue weighted by Gasteiger charge is 2.40. The van der Waals surface area contributed by atoms with E-state index in [0.717, 1.165) is 4.31 Å². The van der Waals surface area contributed by atoms with E-state index in [9.17, 15) is 18.0 Å². The standard InChI is InChI=1S/C13H16N2O5S/c1-20-9-7-14-12(16)6-8-15-13(17)10-4-2-3-5-11(10)21(15,18)19/h2-5H,6-9H2,1H3,(H,14,16). The van der Waals surface area contributed by atoms with Crippen LogP contribution in [0, 0.1) is 0 Å². The fraction of sp³-hybridized carbons (Fsp3) is 0.385. The first-order valence-electron chi connectivity index (χ1n) is 6.40. The van der Waals surface area contributed by atoms with E-state index in [4.69, 9.17) is 4.74 Å². The molecule has 21 heavy (non-hydrogen) atoms. The molecule has 114 valence electrons. The van der Waals surface area contributed by atoms with E-state index in [1.807, 2.05) is 0 Å². The quantitative estimate of drug-likeness (QED) is 0.745. The van der Waals surface area contributed by atoms with Crippen molar-refractivity contribution >= 4 is 21.8 Å². The van der Waals surface area contributed by atoms with Crippen molar-refractivity contribution in [3.8, 4) is 0 Å². The van der Waals surface area contributed by atoms with Crippen LogP contribution in [-0.2, 0) is 19.6 Å². The predicted molar refractivity (Wildman–Crippen MR) is 74.2 cm³/mol. The van der Waals surface area contributed by atoms with Crippen molar-refractivity contribution in [1.82, 2.24) is 9.62 Å². The van der Waals surface area contributed by atoms with Gasteiger partial charge in [-0.3, -0.25) is 9.59 Å². The van der Waals surface area contributed by atoms with Gasteiger partial charge in [-0.25, -0.2) is 12.7 Å². The molecule has 0 fully saturated rings. The van der Waals surface area contributed by atoms with Crippen LogP contribution in [0.5, 0.6) is 0 Å². The van der Waals surface area contributed by atoms with Crippen molar-refractivity contribution in [2.45, 2.75) is 11.3 Å². The fourth-order valence-electron chi connectivity index (χ4n) is 2.04. The van der Waals surface area contributed by atoms with E-state index in [-0.39, 0.29) is 29.3 Å². The third-order valence-electron chi connectivity index (χ3n) is 3.08. The van der Waals surface area contributed by atoms with Crippen molar-refractivity contribution in [3.63, 3.8) is 0 Å². The van der Waals surface area contributed by atoms with Crippen LogP contribution in [0.1, 0.15) is 16.8 Å². The Balaban J connectivity index is 2.03. The number of hydrogen-bond donors (Lipinski definition) is 1. The number of fused-ring (bicyclic) bond motifs is 1. The van der Waals surface area contributed by atoms with Crippen LogP contribution in [0.25, 0.3) is 0 Å². The number of carbonyl (C=O) groups excluding carboxylic acids is 2. The molecule has 1 N–H and O–H groups in total. The molecule has 1 aromatic rings. The molecule has 0 radical (unpaired) electrons. The molecule has 2 rings (SSSR count). The van der Waals surface area contributed by atoms with E-state index >= 15 is 0 Å². The van der Waals surface area contributed by atoms with Gasteiger partial charge >= 0.3 is 0 Å². The Hall–Kier alpha value is -1.93. The Kier molecular flexibility index (Phi) is 4.59. The number of sulfonamides is 1. The zero-order valence-electron chi connectivity index (χ0n) is 11.5. The van der Waals surface area contributed by atoms with Crippen LogP contribution in [0.4, 0.5) is 0 Å². The molecule has 1 aromatic carbocycles. The first-order valence-corrected chi connectivity index (χ1v) is 7.84. The minimum atomic E-state index is -3.84. The molecule has 0 bridgehead atoms. The average molecular weight is 312 g/mol. The lowest BCUT2D eigenvalue weighted by Crippen LogP contribution is -2.35. The summed E-state index contributed by atoms with van der Waals surface area (Å²) < 4.78 is 30.0. The van der Waals surface area contributed by atoms with Crippen LogP contribution >= 0.6 is 0 Å². The Labute approximate surface area is 122 Å². The number of ether oxygens (including phenoxy) is 1. The summed E-state index contributed by atoms with van der Waals surface area (Å²) in [5, 5.41) is 2.57. The van der Waals surface area contributed by atoms with Gasteiger partial charge in [-0.1, -0.05) is 12.1 Å². The maximum Gasteiger partial charge on any atom is 0.269 e. The number of carbonyl (C=O) groups is 2. The number of benzene rings is 1. The molecule has 0 saturated carbocycles. The SMILES string of the molecule is COCCNC(=O)CCN1C(=O)c2ccccc2S1(=O)=O. The highest BCUT2D eigenvalue weighted by molar-refractivity contribution is 7.90. The van der Waals surface area contributed by atoms with E-state index in [2.05, 4.69) is 5.32 Å². The zero-order valence-corrected chi connectivity index (χ0v) is 12.4. The summed E-state index contributed by atoms with van der Waals surface area (Å²) in [5.41, 5.74) is 0.150. The molecule has 7 nitrogen and oxygen atoms in total. The number of nitrogens with one attached hydrogen (secondary N) is 1. The van der Waals surface area contributed by atoms with E-state index in [1.54, 1.807) is 12.1 Å². The second kappa shape index (κ2) is 6.23. The van der Waals surface area contributed by atoms with Crippen molar-refractivity contribution in [3.05, 3.63) is 29.8 Å². The third kappa shape index (κ3) is 3.06. The van der Waals surface area contributed by atoms with Crippen molar-refractivity contribution in [1.29, 1.82) is 0 Å². The van der Waals surface area contributed by atoms with E-state index in [0.29, 0.717) is 13.2 Å². The molecule has 1 aliphatic heterocycles. The van der Waals surface area contributed by atoms with Gasteiger partial charge in [0, 0.05) is 26.6 Å². The smallest absolute Gasteiger partial charge is 0.269 e. The van der Waals surface area contributed by atoms with Crippen LogP contribution in [0.2, 0.25) is 0 Å². The van der Waals surface area contributed by atoms with Gasteiger partial charge in [-0.05, 0) is 12.1 Å². The number of amides is 2. The summed E-state index contributed by atoms with van der Waals surface area (Å²) in [5.74, 6) is -0.915. The first-order chi connectivity index (χ1) is 9.98. The second-order valence-electron chi connectivity index (χ2n) is 4.47. The maximum atomic E-state index is 12.2. The van der Waals surface area contributed by atoms with Gasteiger partial charge in [-0.2, -0.15) is 0 Å². The van der Waals surface area contributed by atoms with Gasteiger partial charge in [0.25, 0.3) is 15.9 Å². The summed E-state index contributed by atoms with van der Waals surface area (Å²) in [4.78, 5) is 23.6. The van der Waals surface area contributed by atoms with Crippen molar-refractivity contribution < 1.29 is 22.7 Å². The second-order valence-corrected chi connectivity index (χ2v) is 6.30. The molecule has 0 aromatic heterocycles. The van der Waals surface area contributed by atoms with Gasteiger partial charge in [0.2, 0.25) is 5.91 Å². The fourth-order valence-corrected chi connectivity index (χ4v) is 3.61. The van der Waals surface area contributed by atoms with Gasteiger partial charge in [-0.15, -0.1) is 0 Å². The van der Waals surface area contributed by atoms with E-state index < -0.39 is 15.9 Å². The number of hydrogen-bond acceptors (Lipinski definition) is 5. The molecule has 0 unspecified atom stereocenters. The summed E-state index contributed by atoms with van der Waals surface area (Å²) in [6.07, 6.45) is -0.0807. The Morgan fingerprint density at radius 3 is 2.71 bits per heavy atom. The Morgan fingerprint density at radius 1 is 1.33 bits per heavy atom. The number of methoxy groups -OCH3 is 1. The van der Waals surface area contributed by atoms with Gasteiger partial charge in [0.05, 0.1) is 12.2 Å². The third-order valence-corrected chi connectivity index (χ3v) is 4.92. The monoisotopic (exact) mass is 312 g/mol. The van der Waals surface area contributed by atoms with Gasteiger partial charge in [0.15, 0.2) is 0 Å². The topological polar surface area (TPSA) is 92.8 Å². The Morgan fingerprint density at radius 2 is 2.05 bits per heavy atom. The van der Waals surface area contributed by atoms with Crippen LogP contribution in [0.3, 0.4) is 0 Å². The first kappa shape index (κ1) is 15.5. The summed E-state index contributed by atoms with van der Waals surface area (Å²) in [6, 6.07) is 6.02. The summed E-state index contributed by atoms with van der Waals surface area (Å²) >= 11 is 0. The highest BCUT2D eigenvalue weighted by atomic mass is 32.2. The number of rotatable bonds is 6. The maximum absolute atomic E-state index is 12.2. The molecule has 2 amide bonds. The molecular weight excluding hydrogens is 296 g/mol. The molecule has 0 atom stereocenters. The van der Waals surface area contributed by atoms with Crippen LogP contribution in [-0.4, -0.2) is 51.3 Å². The van der Waals surface area contributed by atoms with Crippen molar-refractivity contribution in [2.24, 2.45) is 0 Å². The lowest BCUT2D eigenvalue weighted by atomic mass is 10.2. The Bertz CT molecular complexity index is 656. The molecule has 8 heteroatoms. The average Bonchev–Trinajstić information content (AvgIpc) is 2.65. The minimum Gasteiger partial charge on any atom is -0.383 e. The predicted octanol–water partition coefficient (Wildman–Crippen LogP) is -0.0162. The molecule has 1 aliphatic rings. The molecule has 0 saturated heterocycles. The lowest BCUT2D eigenvalue weighted by molar-refractivity contribution is -0.121. The molecule has 0 spiro atoms. The van der Waals surface area contributed by atoms with Gasteiger partial charge < -0.3 is 10.1 Å². The summed E-state index contributed by atoms with van der Waals surface area (Å²) in [7, 11) is -2.32. The molecule has 0 aliphatic carbocycles. The van der Waals surface area contributed by atoms with Crippen LogP contribution < -0.4 is 5.32 Å². The summed E-state index contributed by atoms with van der Waals surface area (Å²) in [6.45, 7) is 0.545. The number of nitrogens with zero attached hydrogens (tertiary/aromatic N) is 1. The molecule has 1 heterocycles. The van der Waals surface area contributed by atoms with E-state index in [1.165, 1.54) is 19.2 Å². The normalized spacial score (nSPS) is 15.9.